The summed E-state index contributed by atoms with van der Waals surface area (Å²) in [5.41, 5.74) is 7.90. The molecule has 1 aliphatic rings. The van der Waals surface area contributed by atoms with Crippen LogP contribution in [0.1, 0.15) is 24.8 Å². The fourth-order valence-corrected chi connectivity index (χ4v) is 2.37. The van der Waals surface area contributed by atoms with Gasteiger partial charge in [-0.2, -0.15) is 0 Å². The van der Waals surface area contributed by atoms with Crippen LogP contribution in [0.2, 0.25) is 5.02 Å². The molecule has 3 heteroatoms. The van der Waals surface area contributed by atoms with Crippen molar-refractivity contribution in [3.05, 3.63) is 28.8 Å². The van der Waals surface area contributed by atoms with Crippen molar-refractivity contribution in [1.82, 2.24) is 0 Å². The summed E-state index contributed by atoms with van der Waals surface area (Å²) in [4.78, 5) is 2.33. The fourth-order valence-electron chi connectivity index (χ4n) is 2.10. The quantitative estimate of drug-likeness (QED) is 0.874. The van der Waals surface area contributed by atoms with E-state index in [0.29, 0.717) is 12.6 Å². The van der Waals surface area contributed by atoms with E-state index in [-0.39, 0.29) is 0 Å². The Kier molecular flexibility index (Phi) is 3.72. The molecule has 0 aliphatic heterocycles. The van der Waals surface area contributed by atoms with E-state index in [9.17, 15) is 0 Å². The van der Waals surface area contributed by atoms with Crippen LogP contribution >= 0.6 is 11.6 Å². The monoisotopic (exact) mass is 238 g/mol. The highest BCUT2D eigenvalue weighted by molar-refractivity contribution is 6.31. The SMILES string of the molecule is CN(c1ccc(CCN)c(Cl)c1)C1CCC1. The van der Waals surface area contributed by atoms with Crippen molar-refractivity contribution in [3.63, 3.8) is 0 Å². The van der Waals surface area contributed by atoms with Gasteiger partial charge in [0.05, 0.1) is 0 Å². The van der Waals surface area contributed by atoms with E-state index in [1.54, 1.807) is 0 Å². The summed E-state index contributed by atoms with van der Waals surface area (Å²) >= 11 is 6.24. The second-order valence-corrected chi connectivity index (χ2v) is 4.92. The summed E-state index contributed by atoms with van der Waals surface area (Å²) in [5, 5.41) is 0.842. The highest BCUT2D eigenvalue weighted by atomic mass is 35.5. The lowest BCUT2D eigenvalue weighted by Gasteiger charge is -2.36. The number of benzene rings is 1. The summed E-state index contributed by atoms with van der Waals surface area (Å²) in [6, 6.07) is 7.01. The molecule has 88 valence electrons. The summed E-state index contributed by atoms with van der Waals surface area (Å²) in [6.07, 6.45) is 4.82. The molecule has 16 heavy (non-hydrogen) atoms. The maximum Gasteiger partial charge on any atom is 0.0459 e. The van der Waals surface area contributed by atoms with Gasteiger partial charge in [-0.1, -0.05) is 17.7 Å². The van der Waals surface area contributed by atoms with Crippen LogP contribution in [0.25, 0.3) is 0 Å². The van der Waals surface area contributed by atoms with Crippen LogP contribution in [0.3, 0.4) is 0 Å². The van der Waals surface area contributed by atoms with Crippen molar-refractivity contribution in [3.8, 4) is 0 Å². The molecule has 0 amide bonds. The molecule has 0 aromatic heterocycles. The third-order valence-corrected chi connectivity index (χ3v) is 3.83. The zero-order chi connectivity index (χ0) is 11.5. The van der Waals surface area contributed by atoms with Gasteiger partial charge in [-0.25, -0.2) is 0 Å². The molecule has 1 fully saturated rings. The maximum atomic E-state index is 6.24. The molecule has 0 bridgehead atoms. The fraction of sp³-hybridized carbons (Fsp3) is 0.538. The van der Waals surface area contributed by atoms with Crippen molar-refractivity contribution >= 4 is 17.3 Å². The largest absolute Gasteiger partial charge is 0.372 e. The van der Waals surface area contributed by atoms with E-state index in [0.717, 1.165) is 17.0 Å². The number of hydrogen-bond acceptors (Lipinski definition) is 2. The van der Waals surface area contributed by atoms with Crippen molar-refractivity contribution in [2.24, 2.45) is 5.73 Å². The van der Waals surface area contributed by atoms with Gasteiger partial charge in [0, 0.05) is 23.8 Å². The van der Waals surface area contributed by atoms with E-state index < -0.39 is 0 Å². The van der Waals surface area contributed by atoms with Crippen molar-refractivity contribution in [1.29, 1.82) is 0 Å². The molecule has 0 unspecified atom stereocenters. The molecule has 0 saturated heterocycles. The van der Waals surface area contributed by atoms with Crippen LogP contribution in [0.4, 0.5) is 5.69 Å². The van der Waals surface area contributed by atoms with Gasteiger partial charge in [0.25, 0.3) is 0 Å². The Hall–Kier alpha value is -0.730. The van der Waals surface area contributed by atoms with Crippen LogP contribution < -0.4 is 10.6 Å². The molecule has 1 aromatic carbocycles. The lowest BCUT2D eigenvalue weighted by molar-refractivity contribution is 0.401. The predicted molar refractivity (Wildman–Crippen MR) is 70.3 cm³/mol. The molecule has 1 aromatic rings. The lowest BCUT2D eigenvalue weighted by atomic mass is 9.91. The first-order chi connectivity index (χ1) is 7.72. The number of halogens is 1. The van der Waals surface area contributed by atoms with E-state index >= 15 is 0 Å². The molecule has 2 N–H and O–H groups in total. The standard InChI is InChI=1S/C13H19ClN2/c1-16(11-3-2-4-11)12-6-5-10(7-8-15)13(14)9-12/h5-6,9,11H,2-4,7-8,15H2,1H3. The molecule has 0 radical (unpaired) electrons. The second kappa shape index (κ2) is 5.07. The highest BCUT2D eigenvalue weighted by Crippen LogP contribution is 2.30. The van der Waals surface area contributed by atoms with E-state index in [1.165, 1.54) is 24.9 Å². The first-order valence-electron chi connectivity index (χ1n) is 5.93. The summed E-state index contributed by atoms with van der Waals surface area (Å²) in [5.74, 6) is 0. The van der Waals surface area contributed by atoms with Crippen molar-refractivity contribution < 1.29 is 0 Å². The molecule has 1 saturated carbocycles. The molecule has 0 spiro atoms. The van der Waals surface area contributed by atoms with Gasteiger partial charge in [0.2, 0.25) is 0 Å². The Morgan fingerprint density at radius 1 is 1.44 bits per heavy atom. The summed E-state index contributed by atoms with van der Waals surface area (Å²) < 4.78 is 0. The Labute approximate surface area is 102 Å². The molecular weight excluding hydrogens is 220 g/mol. The Balaban J connectivity index is 2.13. The highest BCUT2D eigenvalue weighted by Gasteiger charge is 2.22. The van der Waals surface area contributed by atoms with Crippen LogP contribution in [0.15, 0.2) is 18.2 Å². The topological polar surface area (TPSA) is 29.3 Å². The zero-order valence-electron chi connectivity index (χ0n) is 9.75. The second-order valence-electron chi connectivity index (χ2n) is 4.51. The van der Waals surface area contributed by atoms with Gasteiger partial charge in [0.15, 0.2) is 0 Å². The van der Waals surface area contributed by atoms with Crippen LogP contribution in [0, 0.1) is 0 Å². The molecule has 2 nitrogen and oxygen atoms in total. The minimum Gasteiger partial charge on any atom is -0.372 e. The molecule has 0 heterocycles. The first-order valence-corrected chi connectivity index (χ1v) is 6.31. The molecular formula is C13H19ClN2. The molecule has 1 aliphatic carbocycles. The number of rotatable bonds is 4. The summed E-state index contributed by atoms with van der Waals surface area (Å²) in [6.45, 7) is 0.650. The first kappa shape index (κ1) is 11.7. The lowest BCUT2D eigenvalue weighted by Crippen LogP contribution is -2.37. The molecule has 0 atom stereocenters. The van der Waals surface area contributed by atoms with Gasteiger partial charge in [0.1, 0.15) is 0 Å². The Morgan fingerprint density at radius 3 is 2.69 bits per heavy atom. The third-order valence-electron chi connectivity index (χ3n) is 3.48. The van der Waals surface area contributed by atoms with Gasteiger partial charge >= 0.3 is 0 Å². The number of anilines is 1. The zero-order valence-corrected chi connectivity index (χ0v) is 10.5. The van der Waals surface area contributed by atoms with Gasteiger partial charge < -0.3 is 10.6 Å². The normalized spacial score (nSPS) is 15.9. The average Bonchev–Trinajstić information content (AvgIpc) is 2.18. The van der Waals surface area contributed by atoms with Gasteiger partial charge in [-0.15, -0.1) is 0 Å². The third kappa shape index (κ3) is 2.33. The average molecular weight is 239 g/mol. The smallest absolute Gasteiger partial charge is 0.0459 e. The van der Waals surface area contributed by atoms with E-state index in [2.05, 4.69) is 30.1 Å². The molecule has 2 rings (SSSR count). The minimum atomic E-state index is 0.650. The van der Waals surface area contributed by atoms with Crippen molar-refractivity contribution in [2.75, 3.05) is 18.5 Å². The minimum absolute atomic E-state index is 0.650. The maximum absolute atomic E-state index is 6.24. The Morgan fingerprint density at radius 2 is 2.19 bits per heavy atom. The van der Waals surface area contributed by atoms with E-state index in [4.69, 9.17) is 17.3 Å². The van der Waals surface area contributed by atoms with Crippen LogP contribution in [-0.4, -0.2) is 19.6 Å². The van der Waals surface area contributed by atoms with Gasteiger partial charge in [-0.3, -0.25) is 0 Å². The Bertz CT molecular complexity index is 361. The number of hydrogen-bond donors (Lipinski definition) is 1. The van der Waals surface area contributed by atoms with E-state index in [1.807, 2.05) is 0 Å². The number of nitrogens with zero attached hydrogens (tertiary/aromatic N) is 1. The predicted octanol–water partition coefficient (Wildman–Crippen LogP) is 2.83. The van der Waals surface area contributed by atoms with Crippen LogP contribution in [-0.2, 0) is 6.42 Å². The summed E-state index contributed by atoms with van der Waals surface area (Å²) in [7, 11) is 2.15. The number of nitrogens with two attached hydrogens (primary N) is 1. The van der Waals surface area contributed by atoms with Crippen molar-refractivity contribution in [2.45, 2.75) is 31.7 Å². The van der Waals surface area contributed by atoms with Gasteiger partial charge in [-0.05, 0) is 49.9 Å². The van der Waals surface area contributed by atoms with Crippen LogP contribution in [0.5, 0.6) is 0 Å².